The number of ether oxygens (including phenoxy) is 2. The van der Waals surface area contributed by atoms with Gasteiger partial charge in [-0.1, -0.05) is 71.4 Å². The Morgan fingerprint density at radius 3 is 2.09 bits per heavy atom. The molecular weight excluding hydrogens is 741 g/mol. The molecule has 13 heteroatoms. The Kier molecular flexibility index (Phi) is 19.9. The standard InChI is InChI=1S/C45H74N4O9/c1-12-30(4)41(47(9)45(55)35(29(2)3)27-38(52)42(32(6)50)46(7)8)39(56-10)28-40(53)48-22-18-21-36(48)43(57-11)31(5)37(51)26-34(25-33-19-14-13-15-20-33)44(54)49-23-16-17-24-58-49/h13-15,19-20,29-32,34-36,39,41-43,50H,12,16-18,21-28H2,1-11H3/t30-,31-,32?,34+,35-,36-,39+,41-,42-,43+/m0/s1. The van der Waals surface area contributed by atoms with Crippen molar-refractivity contribution in [3.05, 3.63) is 35.9 Å². The van der Waals surface area contributed by atoms with E-state index in [1.54, 1.807) is 57.0 Å². The van der Waals surface area contributed by atoms with Crippen molar-refractivity contribution < 1.29 is 43.4 Å². The lowest BCUT2D eigenvalue weighted by molar-refractivity contribution is -0.201. The number of likely N-dealkylation sites (tertiary alicyclic amines) is 1. The van der Waals surface area contributed by atoms with Gasteiger partial charge in [0.05, 0.1) is 55.4 Å². The van der Waals surface area contributed by atoms with Gasteiger partial charge in [-0.15, -0.1) is 0 Å². The highest BCUT2D eigenvalue weighted by Crippen LogP contribution is 2.32. The van der Waals surface area contributed by atoms with E-state index in [9.17, 15) is 29.1 Å². The van der Waals surface area contributed by atoms with Gasteiger partial charge in [0.2, 0.25) is 17.7 Å². The second-order valence-electron chi connectivity index (χ2n) is 17.3. The number of hydrogen-bond acceptors (Lipinski definition) is 10. The molecule has 10 atom stereocenters. The predicted molar refractivity (Wildman–Crippen MR) is 223 cm³/mol. The van der Waals surface area contributed by atoms with Crippen molar-refractivity contribution in [3.63, 3.8) is 0 Å². The molecule has 0 spiro atoms. The highest BCUT2D eigenvalue weighted by molar-refractivity contribution is 5.90. The molecule has 3 rings (SSSR count). The van der Waals surface area contributed by atoms with E-state index >= 15 is 0 Å². The molecule has 0 saturated carbocycles. The molecule has 328 valence electrons. The van der Waals surface area contributed by atoms with E-state index in [0.29, 0.717) is 32.5 Å². The van der Waals surface area contributed by atoms with Gasteiger partial charge in [0, 0.05) is 59.0 Å². The molecule has 0 radical (unpaired) electrons. The van der Waals surface area contributed by atoms with Crippen LogP contribution in [0.15, 0.2) is 30.3 Å². The van der Waals surface area contributed by atoms with Gasteiger partial charge in [0.15, 0.2) is 5.78 Å². The van der Waals surface area contributed by atoms with Crippen molar-refractivity contribution in [2.75, 3.05) is 55.1 Å². The summed E-state index contributed by atoms with van der Waals surface area (Å²) in [6.07, 6.45) is 2.15. The zero-order valence-corrected chi connectivity index (χ0v) is 37.2. The second kappa shape index (κ2) is 23.5. The van der Waals surface area contributed by atoms with Gasteiger partial charge >= 0.3 is 0 Å². The Labute approximate surface area is 348 Å². The molecule has 2 aliphatic rings. The monoisotopic (exact) mass is 815 g/mol. The van der Waals surface area contributed by atoms with E-state index in [0.717, 1.165) is 31.2 Å². The van der Waals surface area contributed by atoms with Crippen molar-refractivity contribution in [3.8, 4) is 0 Å². The van der Waals surface area contributed by atoms with Crippen LogP contribution in [0, 0.1) is 29.6 Å². The number of hydrogen-bond donors (Lipinski definition) is 1. The Hall–Kier alpha value is -3.23. The van der Waals surface area contributed by atoms with Gasteiger partial charge in [-0.2, -0.15) is 0 Å². The molecule has 3 amide bonds. The summed E-state index contributed by atoms with van der Waals surface area (Å²) in [6.45, 7) is 12.8. The lowest BCUT2D eigenvalue weighted by atomic mass is 9.84. The number of carbonyl (C=O) groups is 5. The summed E-state index contributed by atoms with van der Waals surface area (Å²) < 4.78 is 12.1. The molecule has 1 N–H and O–H groups in total. The zero-order valence-electron chi connectivity index (χ0n) is 37.2. The average Bonchev–Trinajstić information content (AvgIpc) is 3.69. The third-order valence-corrected chi connectivity index (χ3v) is 12.6. The molecule has 1 aromatic rings. The van der Waals surface area contributed by atoms with E-state index < -0.39 is 48.1 Å². The summed E-state index contributed by atoms with van der Waals surface area (Å²) in [5.74, 6) is -2.86. The number of likely N-dealkylation sites (N-methyl/N-ethyl adjacent to an activating group) is 2. The van der Waals surface area contributed by atoms with Crippen LogP contribution in [0.5, 0.6) is 0 Å². The Bertz CT molecular complexity index is 1460. The molecule has 0 bridgehead atoms. The van der Waals surface area contributed by atoms with Crippen LogP contribution in [0.25, 0.3) is 0 Å². The van der Waals surface area contributed by atoms with E-state index in [2.05, 4.69) is 0 Å². The zero-order chi connectivity index (χ0) is 43.3. The predicted octanol–water partition coefficient (Wildman–Crippen LogP) is 4.82. The lowest BCUT2D eigenvalue weighted by Gasteiger charge is -2.41. The summed E-state index contributed by atoms with van der Waals surface area (Å²) >= 11 is 0. The highest BCUT2D eigenvalue weighted by Gasteiger charge is 2.44. The van der Waals surface area contributed by atoms with Crippen LogP contribution in [0.4, 0.5) is 0 Å². The van der Waals surface area contributed by atoms with Crippen molar-refractivity contribution >= 4 is 29.3 Å². The molecule has 1 unspecified atom stereocenters. The van der Waals surface area contributed by atoms with Crippen LogP contribution in [0.1, 0.15) is 98.5 Å². The fraction of sp³-hybridized carbons (Fsp3) is 0.756. The number of ketones is 2. The minimum atomic E-state index is -0.895. The summed E-state index contributed by atoms with van der Waals surface area (Å²) in [4.78, 5) is 80.8. The first-order valence-corrected chi connectivity index (χ1v) is 21.5. The molecule has 13 nitrogen and oxygen atoms in total. The molecule has 2 heterocycles. The van der Waals surface area contributed by atoms with Crippen LogP contribution in [0.2, 0.25) is 0 Å². The Balaban J connectivity index is 1.80. The van der Waals surface area contributed by atoms with E-state index in [4.69, 9.17) is 14.3 Å². The minimum Gasteiger partial charge on any atom is -0.391 e. The normalized spacial score (nSPS) is 20.8. The van der Waals surface area contributed by atoms with Gasteiger partial charge in [0.25, 0.3) is 0 Å². The summed E-state index contributed by atoms with van der Waals surface area (Å²) in [7, 11) is 8.33. The summed E-state index contributed by atoms with van der Waals surface area (Å²) in [6, 6.07) is 8.13. The molecule has 0 aromatic heterocycles. The number of hydroxylamine groups is 2. The summed E-state index contributed by atoms with van der Waals surface area (Å²) in [5, 5.41) is 11.8. The lowest BCUT2D eigenvalue weighted by Crippen LogP contribution is -2.54. The van der Waals surface area contributed by atoms with Crippen LogP contribution in [-0.2, 0) is 44.7 Å². The van der Waals surface area contributed by atoms with Gasteiger partial charge in [-0.25, -0.2) is 5.06 Å². The maximum atomic E-state index is 14.3. The number of rotatable bonds is 23. The van der Waals surface area contributed by atoms with Crippen LogP contribution in [0.3, 0.4) is 0 Å². The Morgan fingerprint density at radius 2 is 1.55 bits per heavy atom. The molecule has 1 aromatic carbocycles. The van der Waals surface area contributed by atoms with Gasteiger partial charge in [-0.05, 0) is 70.5 Å². The Morgan fingerprint density at radius 1 is 0.879 bits per heavy atom. The maximum absolute atomic E-state index is 14.3. The molecule has 0 aliphatic carbocycles. The number of aliphatic hydroxyl groups is 1. The first-order valence-electron chi connectivity index (χ1n) is 21.5. The van der Waals surface area contributed by atoms with Crippen LogP contribution >= 0.6 is 0 Å². The first kappa shape index (κ1) is 49.1. The van der Waals surface area contributed by atoms with Crippen molar-refractivity contribution in [2.24, 2.45) is 29.6 Å². The van der Waals surface area contributed by atoms with Gasteiger partial charge in [-0.3, -0.25) is 33.7 Å². The highest BCUT2D eigenvalue weighted by atomic mass is 16.7. The van der Waals surface area contributed by atoms with Gasteiger partial charge < -0.3 is 24.4 Å². The third-order valence-electron chi connectivity index (χ3n) is 12.6. The maximum Gasteiger partial charge on any atom is 0.250 e. The number of carbonyl (C=O) groups excluding carboxylic acids is 5. The van der Waals surface area contributed by atoms with Crippen molar-refractivity contribution in [1.82, 2.24) is 19.8 Å². The largest absolute Gasteiger partial charge is 0.391 e. The number of methoxy groups -OCH3 is 2. The smallest absolute Gasteiger partial charge is 0.250 e. The van der Waals surface area contributed by atoms with Crippen LogP contribution < -0.4 is 0 Å². The van der Waals surface area contributed by atoms with Crippen molar-refractivity contribution in [1.29, 1.82) is 0 Å². The third kappa shape index (κ3) is 12.9. The molecule has 2 fully saturated rings. The fourth-order valence-electron chi connectivity index (χ4n) is 9.08. The number of aliphatic hydroxyl groups excluding tert-OH is 1. The van der Waals surface area contributed by atoms with E-state index in [-0.39, 0.29) is 66.4 Å². The van der Waals surface area contributed by atoms with Gasteiger partial charge in [0.1, 0.15) is 5.78 Å². The minimum absolute atomic E-state index is 0.0118. The van der Waals surface area contributed by atoms with Crippen molar-refractivity contribution in [2.45, 2.75) is 136 Å². The fourth-order valence-corrected chi connectivity index (χ4v) is 9.08. The average molecular weight is 815 g/mol. The molecular formula is C45H74N4O9. The molecule has 2 saturated heterocycles. The van der Waals surface area contributed by atoms with Crippen LogP contribution in [-0.4, -0.2) is 146 Å². The number of nitrogens with zero attached hydrogens (tertiary/aromatic N) is 4. The number of benzene rings is 1. The van der Waals surface area contributed by atoms with E-state index in [1.807, 2.05) is 65.0 Å². The first-order chi connectivity index (χ1) is 27.5. The molecule has 58 heavy (non-hydrogen) atoms. The number of Topliss-reactive ketones (excluding diaryl/α,β-unsaturated/α-hetero) is 2. The van der Waals surface area contributed by atoms with E-state index in [1.165, 1.54) is 5.06 Å². The quantitative estimate of drug-likeness (QED) is 0.163. The topological polar surface area (TPSA) is 146 Å². The molecule has 2 aliphatic heterocycles. The SMILES string of the molecule is CC[C@H](C)[C@@H]([C@@H](CC(=O)N1CCC[C@H]1[C@H](OC)[C@@H](C)C(=O)C[C@@H](Cc1ccccc1)C(=O)N1CCCCO1)OC)N(C)C(=O)[C@@H](CC(=O)[C@H](C(C)O)N(C)C)C(C)C. The second-order valence-corrected chi connectivity index (χ2v) is 17.3. The number of amides is 3. The summed E-state index contributed by atoms with van der Waals surface area (Å²) in [5.41, 5.74) is 0.965.